The Hall–Kier alpha value is -1.45. The highest BCUT2D eigenvalue weighted by Gasteiger charge is 2.33. The van der Waals surface area contributed by atoms with Crippen LogP contribution in [0.15, 0.2) is 9.42 Å². The number of sulfonamides is 1. The average Bonchev–Trinajstić information content (AvgIpc) is 2.85. The standard InChI is InChI=1S/C16H28N4O4S/c1-11(2)10-14(16(21)20-8-6-19(5)7-9-20)18-25(22,23)15-12(3)17-24-13(15)4/h11,14,18H,6-10H2,1-5H3/t14-/m0/s1. The SMILES string of the molecule is Cc1noc(C)c1S(=O)(=O)N[C@@H](CC(C)C)C(=O)N1CCN(C)CC1. The number of aryl methyl sites for hydroxylation is 2. The number of likely N-dealkylation sites (N-methyl/N-ethyl adjacent to an activating group) is 1. The van der Waals surface area contributed by atoms with E-state index in [1.807, 2.05) is 20.9 Å². The molecule has 2 rings (SSSR count). The predicted octanol–water partition coefficient (Wildman–Crippen LogP) is 0.758. The maximum absolute atomic E-state index is 12.9. The first-order valence-electron chi connectivity index (χ1n) is 8.54. The van der Waals surface area contributed by atoms with E-state index >= 15 is 0 Å². The van der Waals surface area contributed by atoms with Crippen LogP contribution >= 0.6 is 0 Å². The van der Waals surface area contributed by atoms with Gasteiger partial charge >= 0.3 is 0 Å². The first-order valence-corrected chi connectivity index (χ1v) is 10.0. The molecule has 0 saturated carbocycles. The Morgan fingerprint density at radius 3 is 2.32 bits per heavy atom. The number of amides is 1. The highest BCUT2D eigenvalue weighted by molar-refractivity contribution is 7.89. The first kappa shape index (κ1) is 19.9. The van der Waals surface area contributed by atoms with Gasteiger partial charge in [0, 0.05) is 26.2 Å². The molecule has 1 aliphatic heterocycles. The van der Waals surface area contributed by atoms with Crippen molar-refractivity contribution < 1.29 is 17.7 Å². The maximum Gasteiger partial charge on any atom is 0.246 e. The van der Waals surface area contributed by atoms with Gasteiger partial charge in [-0.3, -0.25) is 4.79 Å². The summed E-state index contributed by atoms with van der Waals surface area (Å²) < 4.78 is 33.1. The number of nitrogens with zero attached hydrogens (tertiary/aromatic N) is 3. The number of carbonyl (C=O) groups is 1. The van der Waals surface area contributed by atoms with Crippen molar-refractivity contribution in [3.63, 3.8) is 0 Å². The van der Waals surface area contributed by atoms with E-state index in [2.05, 4.69) is 14.8 Å². The number of nitrogens with one attached hydrogen (secondary N) is 1. The molecule has 0 radical (unpaired) electrons. The lowest BCUT2D eigenvalue weighted by Gasteiger charge is -2.35. The van der Waals surface area contributed by atoms with Crippen LogP contribution in [0.4, 0.5) is 0 Å². The van der Waals surface area contributed by atoms with E-state index < -0.39 is 16.1 Å². The van der Waals surface area contributed by atoms with E-state index in [1.165, 1.54) is 0 Å². The molecule has 1 N–H and O–H groups in total. The van der Waals surface area contributed by atoms with Crippen LogP contribution in [0.5, 0.6) is 0 Å². The van der Waals surface area contributed by atoms with Crippen LogP contribution in [-0.4, -0.2) is 68.5 Å². The summed E-state index contributed by atoms with van der Waals surface area (Å²) in [7, 11) is -1.87. The predicted molar refractivity (Wildman–Crippen MR) is 93.6 cm³/mol. The third-order valence-electron chi connectivity index (χ3n) is 4.35. The zero-order valence-electron chi connectivity index (χ0n) is 15.6. The van der Waals surface area contributed by atoms with Gasteiger partial charge < -0.3 is 14.3 Å². The van der Waals surface area contributed by atoms with Crippen LogP contribution < -0.4 is 4.72 Å². The van der Waals surface area contributed by atoms with Crippen molar-refractivity contribution in [2.24, 2.45) is 5.92 Å². The molecule has 0 spiro atoms. The molecule has 0 unspecified atom stereocenters. The van der Waals surface area contributed by atoms with E-state index in [0.717, 1.165) is 13.1 Å². The van der Waals surface area contributed by atoms with E-state index in [1.54, 1.807) is 18.7 Å². The Balaban J connectivity index is 2.21. The molecule has 25 heavy (non-hydrogen) atoms. The maximum atomic E-state index is 12.9. The minimum atomic E-state index is -3.88. The minimum Gasteiger partial charge on any atom is -0.360 e. The van der Waals surface area contributed by atoms with Crippen molar-refractivity contribution in [1.82, 2.24) is 19.7 Å². The van der Waals surface area contributed by atoms with Gasteiger partial charge in [-0.1, -0.05) is 19.0 Å². The Morgan fingerprint density at radius 2 is 1.84 bits per heavy atom. The Bertz CT molecular complexity index is 686. The molecule has 1 atom stereocenters. The highest BCUT2D eigenvalue weighted by atomic mass is 32.2. The molecule has 1 fully saturated rings. The summed E-state index contributed by atoms with van der Waals surface area (Å²) in [6, 6.07) is -0.790. The molecule has 9 heteroatoms. The zero-order chi connectivity index (χ0) is 18.8. The van der Waals surface area contributed by atoms with Crippen molar-refractivity contribution in [3.8, 4) is 0 Å². The Labute approximate surface area is 149 Å². The normalized spacial score (nSPS) is 17.9. The number of hydrogen-bond acceptors (Lipinski definition) is 6. The van der Waals surface area contributed by atoms with E-state index in [-0.39, 0.29) is 22.5 Å². The molecule has 1 aromatic heterocycles. The van der Waals surface area contributed by atoms with Crippen molar-refractivity contribution in [3.05, 3.63) is 11.5 Å². The summed E-state index contributed by atoms with van der Waals surface area (Å²) in [4.78, 5) is 16.8. The number of aromatic nitrogens is 1. The van der Waals surface area contributed by atoms with E-state index in [9.17, 15) is 13.2 Å². The van der Waals surface area contributed by atoms with Crippen LogP contribution in [0.2, 0.25) is 0 Å². The topological polar surface area (TPSA) is 95.8 Å². The van der Waals surface area contributed by atoms with E-state index in [4.69, 9.17) is 4.52 Å². The third-order valence-corrected chi connectivity index (χ3v) is 6.07. The van der Waals surface area contributed by atoms with Crippen molar-refractivity contribution >= 4 is 15.9 Å². The molecule has 8 nitrogen and oxygen atoms in total. The Morgan fingerprint density at radius 1 is 1.24 bits per heavy atom. The molecule has 1 aromatic rings. The molecule has 0 aromatic carbocycles. The first-order chi connectivity index (χ1) is 11.6. The zero-order valence-corrected chi connectivity index (χ0v) is 16.4. The van der Waals surface area contributed by atoms with Crippen molar-refractivity contribution in [2.45, 2.75) is 45.1 Å². The molecule has 1 amide bonds. The second-order valence-electron chi connectivity index (χ2n) is 7.09. The van der Waals surface area contributed by atoms with Gasteiger partial charge in [-0.2, -0.15) is 4.72 Å². The lowest BCUT2D eigenvalue weighted by molar-refractivity contribution is -0.135. The van der Waals surface area contributed by atoms with Crippen LogP contribution in [0.3, 0.4) is 0 Å². The molecular weight excluding hydrogens is 344 g/mol. The van der Waals surface area contributed by atoms with Gasteiger partial charge in [0.15, 0.2) is 5.76 Å². The third kappa shape index (κ3) is 4.80. The monoisotopic (exact) mass is 372 g/mol. The summed E-state index contributed by atoms with van der Waals surface area (Å²) in [5, 5.41) is 3.70. The molecular formula is C16H28N4O4S. The molecule has 2 heterocycles. The fraction of sp³-hybridized carbons (Fsp3) is 0.750. The Kier molecular flexibility index (Phi) is 6.23. The number of hydrogen-bond donors (Lipinski definition) is 1. The molecule has 142 valence electrons. The number of piperazine rings is 1. The second-order valence-corrected chi connectivity index (χ2v) is 8.74. The van der Waals surface area contributed by atoms with Crippen LogP contribution in [-0.2, 0) is 14.8 Å². The van der Waals surface area contributed by atoms with Gasteiger partial charge in [-0.25, -0.2) is 8.42 Å². The van der Waals surface area contributed by atoms with Crippen molar-refractivity contribution in [1.29, 1.82) is 0 Å². The van der Waals surface area contributed by atoms with Gasteiger partial charge in [0.25, 0.3) is 0 Å². The van der Waals surface area contributed by atoms with Crippen molar-refractivity contribution in [2.75, 3.05) is 33.2 Å². The summed E-state index contributed by atoms with van der Waals surface area (Å²) in [6.07, 6.45) is 0.438. The number of carbonyl (C=O) groups excluding carboxylic acids is 1. The summed E-state index contributed by atoms with van der Waals surface area (Å²) in [6.45, 7) is 9.85. The second kappa shape index (κ2) is 7.84. The van der Waals surface area contributed by atoms with Crippen LogP contribution in [0.25, 0.3) is 0 Å². The average molecular weight is 372 g/mol. The molecule has 0 bridgehead atoms. The highest BCUT2D eigenvalue weighted by Crippen LogP contribution is 2.20. The number of rotatable bonds is 6. The van der Waals surface area contributed by atoms with Gasteiger partial charge in [0.05, 0.1) is 0 Å². The summed E-state index contributed by atoms with van der Waals surface area (Å²) in [5.41, 5.74) is 0.292. The largest absolute Gasteiger partial charge is 0.360 e. The fourth-order valence-electron chi connectivity index (χ4n) is 3.02. The lowest BCUT2D eigenvalue weighted by atomic mass is 10.0. The van der Waals surface area contributed by atoms with Gasteiger partial charge in [-0.15, -0.1) is 0 Å². The lowest BCUT2D eigenvalue weighted by Crippen LogP contribution is -2.54. The molecule has 1 aliphatic rings. The van der Waals surface area contributed by atoms with Gasteiger partial charge in [-0.05, 0) is 33.2 Å². The molecule has 0 aliphatic carbocycles. The van der Waals surface area contributed by atoms with Crippen LogP contribution in [0, 0.1) is 19.8 Å². The van der Waals surface area contributed by atoms with Crippen LogP contribution in [0.1, 0.15) is 31.7 Å². The fourth-order valence-corrected chi connectivity index (χ4v) is 4.55. The minimum absolute atomic E-state index is 0.0208. The molecule has 1 saturated heterocycles. The quantitative estimate of drug-likeness (QED) is 0.792. The summed E-state index contributed by atoms with van der Waals surface area (Å²) in [5.74, 6) is 0.228. The summed E-state index contributed by atoms with van der Waals surface area (Å²) >= 11 is 0. The van der Waals surface area contributed by atoms with Gasteiger partial charge in [0.1, 0.15) is 16.6 Å². The van der Waals surface area contributed by atoms with Gasteiger partial charge in [0.2, 0.25) is 15.9 Å². The van der Waals surface area contributed by atoms with E-state index in [0.29, 0.717) is 25.2 Å². The smallest absolute Gasteiger partial charge is 0.246 e.